The number of hydrogen-bond donors (Lipinski definition) is 1. The van der Waals surface area contributed by atoms with E-state index in [1.165, 1.54) is 0 Å². The number of nitrogens with one attached hydrogen (secondary N) is 1. The molecule has 3 aromatic carbocycles. The normalized spacial score (nSPS) is 10.4. The Bertz CT molecular complexity index is 1100. The fraction of sp³-hybridized carbons (Fsp3) is 0. The molecule has 0 unspecified atom stereocenters. The van der Waals surface area contributed by atoms with E-state index in [4.69, 9.17) is 0 Å². The zero-order valence-corrected chi connectivity index (χ0v) is 15.8. The number of carbonyl (C=O) groups excluding carboxylic acids is 2. The maximum atomic E-state index is 12.7. The highest BCUT2D eigenvalue weighted by molar-refractivity contribution is 7.13. The second kappa shape index (κ2) is 8.03. The molecule has 1 aromatic heterocycles. The first-order valence-electron chi connectivity index (χ1n) is 8.86. The molecule has 0 saturated heterocycles. The molecule has 0 saturated carbocycles. The molecule has 0 aliphatic heterocycles. The average molecular weight is 383 g/mol. The smallest absolute Gasteiger partial charge is 0.255 e. The van der Waals surface area contributed by atoms with Crippen LogP contribution in [-0.4, -0.2) is 11.7 Å². The molecule has 3 nitrogen and oxygen atoms in total. The van der Waals surface area contributed by atoms with Crippen molar-refractivity contribution >= 4 is 28.7 Å². The Morgan fingerprint density at radius 2 is 1.29 bits per heavy atom. The van der Waals surface area contributed by atoms with E-state index < -0.39 is 0 Å². The molecule has 1 N–H and O–H groups in total. The van der Waals surface area contributed by atoms with E-state index in [1.54, 1.807) is 47.7 Å². The van der Waals surface area contributed by atoms with Crippen LogP contribution in [0.1, 0.15) is 26.3 Å². The van der Waals surface area contributed by atoms with Gasteiger partial charge in [0.15, 0.2) is 5.78 Å². The molecule has 1 heterocycles. The highest BCUT2D eigenvalue weighted by Crippen LogP contribution is 2.31. The molecule has 4 rings (SSSR count). The van der Waals surface area contributed by atoms with E-state index in [1.807, 2.05) is 60.0 Å². The molecule has 4 heteroatoms. The Balaban J connectivity index is 1.53. The van der Waals surface area contributed by atoms with Gasteiger partial charge in [0.05, 0.1) is 0 Å². The maximum absolute atomic E-state index is 12.7. The summed E-state index contributed by atoms with van der Waals surface area (Å²) in [5.74, 6) is -0.265. The maximum Gasteiger partial charge on any atom is 0.255 e. The third-order valence-corrected chi connectivity index (χ3v) is 5.31. The molecular formula is C24H17NO2S. The summed E-state index contributed by atoms with van der Waals surface area (Å²) in [7, 11) is 0. The monoisotopic (exact) mass is 383 g/mol. The molecule has 0 fully saturated rings. The van der Waals surface area contributed by atoms with E-state index in [-0.39, 0.29) is 11.7 Å². The highest BCUT2D eigenvalue weighted by Gasteiger charge is 2.13. The first-order valence-corrected chi connectivity index (χ1v) is 9.74. The van der Waals surface area contributed by atoms with Gasteiger partial charge in [0.2, 0.25) is 0 Å². The lowest BCUT2D eigenvalue weighted by Gasteiger charge is -2.10. The van der Waals surface area contributed by atoms with Gasteiger partial charge in [0.25, 0.3) is 5.91 Å². The number of hydrogen-bond acceptors (Lipinski definition) is 3. The zero-order chi connectivity index (χ0) is 19.3. The summed E-state index contributed by atoms with van der Waals surface area (Å²) in [6.07, 6.45) is 0. The van der Waals surface area contributed by atoms with Gasteiger partial charge in [-0.1, -0.05) is 66.7 Å². The summed E-state index contributed by atoms with van der Waals surface area (Å²) in [5, 5.41) is 4.99. The van der Waals surface area contributed by atoms with Crippen molar-refractivity contribution in [3.8, 4) is 10.4 Å². The van der Waals surface area contributed by atoms with Crippen LogP contribution < -0.4 is 5.32 Å². The SMILES string of the molecule is O=C(Nc1ccccc1-c1cccs1)c1ccc(C(=O)c2ccccc2)cc1. The number of thiophene rings is 1. The van der Waals surface area contributed by atoms with Crippen LogP contribution in [0.3, 0.4) is 0 Å². The molecule has 0 aliphatic carbocycles. The van der Waals surface area contributed by atoms with Crippen molar-refractivity contribution < 1.29 is 9.59 Å². The minimum atomic E-state index is -0.206. The Morgan fingerprint density at radius 3 is 2.00 bits per heavy atom. The standard InChI is InChI=1S/C24H17NO2S/c26-23(17-7-2-1-3-8-17)18-12-14-19(15-13-18)24(27)25-21-10-5-4-9-20(21)22-11-6-16-28-22/h1-16H,(H,25,27). The lowest BCUT2D eigenvalue weighted by atomic mass is 10.0. The molecule has 1 amide bonds. The van der Waals surface area contributed by atoms with Gasteiger partial charge < -0.3 is 5.32 Å². The minimum absolute atomic E-state index is 0.0596. The van der Waals surface area contributed by atoms with Gasteiger partial charge in [-0.25, -0.2) is 0 Å². The number of anilines is 1. The largest absolute Gasteiger partial charge is 0.321 e. The third kappa shape index (κ3) is 3.77. The predicted octanol–water partition coefficient (Wildman–Crippen LogP) is 5.90. The molecule has 4 aromatic rings. The van der Waals surface area contributed by atoms with E-state index in [9.17, 15) is 9.59 Å². The second-order valence-corrected chi connectivity index (χ2v) is 7.20. The molecule has 0 radical (unpaired) electrons. The highest BCUT2D eigenvalue weighted by atomic mass is 32.1. The fourth-order valence-corrected chi connectivity index (χ4v) is 3.73. The van der Waals surface area contributed by atoms with Crippen LogP contribution in [0.25, 0.3) is 10.4 Å². The zero-order valence-electron chi connectivity index (χ0n) is 15.0. The topological polar surface area (TPSA) is 46.2 Å². The van der Waals surface area contributed by atoms with Crippen molar-refractivity contribution in [3.05, 3.63) is 113 Å². The van der Waals surface area contributed by atoms with Gasteiger partial charge in [-0.05, 0) is 29.6 Å². The summed E-state index contributed by atoms with van der Waals surface area (Å²) >= 11 is 1.63. The number of carbonyl (C=O) groups is 2. The quantitative estimate of drug-likeness (QED) is 0.436. The van der Waals surface area contributed by atoms with Crippen molar-refractivity contribution in [1.82, 2.24) is 0 Å². The molecular weight excluding hydrogens is 366 g/mol. The van der Waals surface area contributed by atoms with Crippen LogP contribution in [-0.2, 0) is 0 Å². The second-order valence-electron chi connectivity index (χ2n) is 6.25. The average Bonchev–Trinajstić information content (AvgIpc) is 3.29. The van der Waals surface area contributed by atoms with Crippen LogP contribution in [0, 0.1) is 0 Å². The molecule has 136 valence electrons. The summed E-state index contributed by atoms with van der Waals surface area (Å²) in [4.78, 5) is 26.3. The summed E-state index contributed by atoms with van der Waals surface area (Å²) in [6.45, 7) is 0. The van der Waals surface area contributed by atoms with Crippen LogP contribution in [0.5, 0.6) is 0 Å². The van der Waals surface area contributed by atoms with Crippen LogP contribution in [0.4, 0.5) is 5.69 Å². The van der Waals surface area contributed by atoms with Crippen molar-refractivity contribution in [2.24, 2.45) is 0 Å². The van der Waals surface area contributed by atoms with Gasteiger partial charge in [-0.3, -0.25) is 9.59 Å². The van der Waals surface area contributed by atoms with Gasteiger partial charge in [-0.2, -0.15) is 0 Å². The Hall–Kier alpha value is -3.50. The van der Waals surface area contributed by atoms with E-state index in [0.29, 0.717) is 16.7 Å². The molecule has 0 aliphatic rings. The summed E-state index contributed by atoms with van der Waals surface area (Å²) in [5.41, 5.74) is 3.44. The molecule has 0 spiro atoms. The number of benzene rings is 3. The lowest BCUT2D eigenvalue weighted by Crippen LogP contribution is -2.13. The Morgan fingerprint density at radius 1 is 0.643 bits per heavy atom. The first-order chi connectivity index (χ1) is 13.7. The predicted molar refractivity (Wildman–Crippen MR) is 114 cm³/mol. The van der Waals surface area contributed by atoms with Gasteiger partial charge in [0.1, 0.15) is 0 Å². The molecule has 0 atom stereocenters. The minimum Gasteiger partial charge on any atom is -0.321 e. The van der Waals surface area contributed by atoms with Crippen molar-refractivity contribution in [1.29, 1.82) is 0 Å². The summed E-state index contributed by atoms with van der Waals surface area (Å²) < 4.78 is 0. The molecule has 0 bridgehead atoms. The first kappa shape index (κ1) is 17.9. The van der Waals surface area contributed by atoms with E-state index in [2.05, 4.69) is 5.32 Å². The third-order valence-electron chi connectivity index (χ3n) is 4.41. The van der Waals surface area contributed by atoms with Gasteiger partial charge in [-0.15, -0.1) is 11.3 Å². The number of rotatable bonds is 5. The van der Waals surface area contributed by atoms with Crippen molar-refractivity contribution in [2.45, 2.75) is 0 Å². The van der Waals surface area contributed by atoms with Crippen molar-refractivity contribution in [3.63, 3.8) is 0 Å². The van der Waals surface area contributed by atoms with Gasteiger partial charge in [0, 0.05) is 32.8 Å². The number of amides is 1. The lowest BCUT2D eigenvalue weighted by molar-refractivity contribution is 0.102. The fourth-order valence-electron chi connectivity index (χ4n) is 2.96. The van der Waals surface area contributed by atoms with Crippen LogP contribution in [0.2, 0.25) is 0 Å². The Labute approximate surface area is 167 Å². The molecule has 28 heavy (non-hydrogen) atoms. The number of ketones is 1. The van der Waals surface area contributed by atoms with Crippen molar-refractivity contribution in [2.75, 3.05) is 5.32 Å². The Kier molecular flexibility index (Phi) is 5.13. The van der Waals surface area contributed by atoms with Crippen LogP contribution >= 0.6 is 11.3 Å². The van der Waals surface area contributed by atoms with Gasteiger partial charge >= 0.3 is 0 Å². The van der Waals surface area contributed by atoms with Crippen LogP contribution in [0.15, 0.2) is 96.4 Å². The summed E-state index contributed by atoms with van der Waals surface area (Å²) in [6, 6.07) is 27.6. The van der Waals surface area contributed by atoms with E-state index in [0.717, 1.165) is 16.1 Å². The number of para-hydroxylation sites is 1. The van der Waals surface area contributed by atoms with E-state index >= 15 is 0 Å².